The van der Waals surface area contributed by atoms with Crippen LogP contribution in [0.2, 0.25) is 0 Å². The van der Waals surface area contributed by atoms with Crippen molar-refractivity contribution in [1.29, 1.82) is 0 Å². The molecule has 0 bridgehead atoms. The maximum atomic E-state index is 13.6. The lowest BCUT2D eigenvalue weighted by molar-refractivity contribution is 0.441. The Hall–Kier alpha value is -1.42. The highest BCUT2D eigenvalue weighted by Crippen LogP contribution is 2.57. The molecule has 1 saturated heterocycles. The van der Waals surface area contributed by atoms with Crippen LogP contribution in [-0.4, -0.2) is 23.3 Å². The van der Waals surface area contributed by atoms with Crippen LogP contribution in [0, 0.1) is 11.7 Å². The number of rotatable bonds is 1. The zero-order valence-electron chi connectivity index (χ0n) is 9.46. The van der Waals surface area contributed by atoms with Gasteiger partial charge in [-0.25, -0.2) is 4.39 Å². The molecule has 1 saturated carbocycles. The minimum Gasteiger partial charge on any atom is -0.316 e. The molecule has 0 spiro atoms. The number of nitrogens with zero attached hydrogens (tertiary/aromatic N) is 1. The normalized spacial score (nSPS) is 31.5. The number of aromatic nitrogens is 2. The quantitative estimate of drug-likeness (QED) is 0.787. The van der Waals surface area contributed by atoms with Crippen molar-refractivity contribution in [2.45, 2.75) is 18.3 Å². The molecule has 2 heterocycles. The number of benzene rings is 1. The van der Waals surface area contributed by atoms with E-state index in [9.17, 15) is 4.39 Å². The molecule has 0 amide bonds. The molecule has 3 nitrogen and oxygen atoms in total. The number of hydrogen-bond donors (Lipinski definition) is 2. The summed E-state index contributed by atoms with van der Waals surface area (Å²) >= 11 is 0. The predicted molar refractivity (Wildman–Crippen MR) is 63.3 cm³/mol. The van der Waals surface area contributed by atoms with Crippen molar-refractivity contribution in [3.8, 4) is 0 Å². The maximum absolute atomic E-state index is 13.6. The summed E-state index contributed by atoms with van der Waals surface area (Å²) in [5, 5.41) is 11.6. The fourth-order valence-corrected chi connectivity index (χ4v) is 3.32. The van der Waals surface area contributed by atoms with Crippen LogP contribution < -0.4 is 5.32 Å². The lowest BCUT2D eigenvalue weighted by Crippen LogP contribution is -2.34. The van der Waals surface area contributed by atoms with Gasteiger partial charge in [0.25, 0.3) is 0 Å². The lowest BCUT2D eigenvalue weighted by atomic mass is 9.92. The van der Waals surface area contributed by atoms with Crippen LogP contribution in [0.25, 0.3) is 10.9 Å². The van der Waals surface area contributed by atoms with Gasteiger partial charge in [0.15, 0.2) is 0 Å². The first-order valence-corrected chi connectivity index (χ1v) is 6.15. The van der Waals surface area contributed by atoms with Gasteiger partial charge >= 0.3 is 0 Å². The molecular weight excluding hydrogens is 217 g/mol. The maximum Gasteiger partial charge on any atom is 0.148 e. The number of halogens is 1. The van der Waals surface area contributed by atoms with E-state index in [1.54, 1.807) is 6.07 Å². The van der Waals surface area contributed by atoms with E-state index in [2.05, 4.69) is 15.5 Å². The summed E-state index contributed by atoms with van der Waals surface area (Å²) in [6.45, 7) is 2.08. The van der Waals surface area contributed by atoms with Crippen molar-refractivity contribution < 1.29 is 4.39 Å². The van der Waals surface area contributed by atoms with Crippen LogP contribution in [0.1, 0.15) is 18.5 Å². The van der Waals surface area contributed by atoms with Crippen LogP contribution in [0.3, 0.4) is 0 Å². The van der Waals surface area contributed by atoms with E-state index in [1.165, 1.54) is 18.9 Å². The number of hydrogen-bond acceptors (Lipinski definition) is 2. The summed E-state index contributed by atoms with van der Waals surface area (Å²) in [6, 6.07) is 5.21. The summed E-state index contributed by atoms with van der Waals surface area (Å²) in [5.41, 5.74) is 1.78. The largest absolute Gasteiger partial charge is 0.316 e. The minimum atomic E-state index is -0.210. The number of nitrogens with one attached hydrogen (secondary N) is 2. The molecule has 4 heteroatoms. The van der Waals surface area contributed by atoms with Crippen LogP contribution in [0.4, 0.5) is 4.39 Å². The van der Waals surface area contributed by atoms with Crippen LogP contribution in [-0.2, 0) is 5.41 Å². The number of para-hydroxylation sites is 1. The summed E-state index contributed by atoms with van der Waals surface area (Å²) in [5.74, 6) is 0.525. The van der Waals surface area contributed by atoms with Gasteiger partial charge in [-0.1, -0.05) is 12.1 Å². The van der Waals surface area contributed by atoms with Gasteiger partial charge in [-0.05, 0) is 31.4 Å². The molecule has 1 unspecified atom stereocenters. The summed E-state index contributed by atoms with van der Waals surface area (Å²) < 4.78 is 13.6. The smallest absolute Gasteiger partial charge is 0.148 e. The van der Waals surface area contributed by atoms with Crippen molar-refractivity contribution in [2.75, 3.05) is 13.1 Å². The zero-order valence-corrected chi connectivity index (χ0v) is 9.46. The topological polar surface area (TPSA) is 40.7 Å². The Morgan fingerprint density at radius 2 is 2.35 bits per heavy atom. The van der Waals surface area contributed by atoms with Gasteiger partial charge < -0.3 is 5.32 Å². The molecule has 2 N–H and O–H groups in total. The Labute approximate surface area is 98.4 Å². The Morgan fingerprint density at radius 1 is 1.41 bits per heavy atom. The van der Waals surface area contributed by atoms with Crippen molar-refractivity contribution in [1.82, 2.24) is 15.5 Å². The van der Waals surface area contributed by atoms with Crippen molar-refractivity contribution >= 4 is 10.9 Å². The highest BCUT2D eigenvalue weighted by atomic mass is 19.1. The van der Waals surface area contributed by atoms with Gasteiger partial charge in [0.05, 0.1) is 5.69 Å². The van der Waals surface area contributed by atoms with Crippen LogP contribution in [0.5, 0.6) is 0 Å². The molecule has 2 aromatic rings. The molecule has 1 aromatic carbocycles. The second-order valence-electron chi connectivity index (χ2n) is 5.26. The number of fused-ring (bicyclic) bond motifs is 2. The number of piperidine rings is 1. The second kappa shape index (κ2) is 3.07. The first-order chi connectivity index (χ1) is 8.31. The fraction of sp³-hybridized carbons (Fsp3) is 0.462. The predicted octanol–water partition coefficient (Wildman–Crippen LogP) is 1.95. The van der Waals surface area contributed by atoms with Gasteiger partial charge in [0.1, 0.15) is 11.3 Å². The highest BCUT2D eigenvalue weighted by Gasteiger charge is 2.58. The molecule has 17 heavy (non-hydrogen) atoms. The van der Waals surface area contributed by atoms with E-state index in [-0.39, 0.29) is 11.2 Å². The molecule has 4 rings (SSSR count). The fourth-order valence-electron chi connectivity index (χ4n) is 3.32. The molecule has 2 atom stereocenters. The highest BCUT2D eigenvalue weighted by molar-refractivity contribution is 5.83. The van der Waals surface area contributed by atoms with Gasteiger partial charge in [0.2, 0.25) is 0 Å². The minimum absolute atomic E-state index is 0.171. The Bertz CT molecular complexity index is 591. The third-order valence-electron chi connectivity index (χ3n) is 4.36. The van der Waals surface area contributed by atoms with Crippen LogP contribution >= 0.6 is 0 Å². The Kier molecular flexibility index (Phi) is 1.73. The Morgan fingerprint density at radius 3 is 3.24 bits per heavy atom. The standard InChI is InChI=1S/C13H14FN3/c14-10-3-1-2-9-11(10)16-17-12(9)13-6-8(13)4-5-15-7-13/h1-3,8,15H,4-7H2,(H,16,17)/t8-,13?/m1/s1. The first kappa shape index (κ1) is 9.59. The van der Waals surface area contributed by atoms with Gasteiger partial charge in [-0.2, -0.15) is 5.10 Å². The first-order valence-electron chi connectivity index (χ1n) is 6.15. The zero-order chi connectivity index (χ0) is 11.5. The average molecular weight is 231 g/mol. The molecule has 2 aliphatic rings. The lowest BCUT2D eigenvalue weighted by Gasteiger charge is -2.21. The summed E-state index contributed by atoms with van der Waals surface area (Å²) in [6.07, 6.45) is 2.40. The molecule has 1 aliphatic heterocycles. The molecule has 88 valence electrons. The van der Waals surface area contributed by atoms with E-state index in [0.717, 1.165) is 30.1 Å². The third kappa shape index (κ3) is 1.16. The van der Waals surface area contributed by atoms with Crippen molar-refractivity contribution in [2.24, 2.45) is 5.92 Å². The number of aromatic amines is 1. The van der Waals surface area contributed by atoms with Gasteiger partial charge in [0, 0.05) is 17.3 Å². The van der Waals surface area contributed by atoms with Gasteiger partial charge in [-0.15, -0.1) is 0 Å². The monoisotopic (exact) mass is 231 g/mol. The van der Waals surface area contributed by atoms with Gasteiger partial charge in [-0.3, -0.25) is 5.10 Å². The number of H-pyrrole nitrogens is 1. The van der Waals surface area contributed by atoms with Crippen LogP contribution in [0.15, 0.2) is 18.2 Å². The van der Waals surface area contributed by atoms with E-state index in [1.807, 2.05) is 6.07 Å². The van der Waals surface area contributed by atoms with Crippen molar-refractivity contribution in [3.05, 3.63) is 29.7 Å². The van der Waals surface area contributed by atoms with E-state index < -0.39 is 0 Å². The van der Waals surface area contributed by atoms with E-state index in [0.29, 0.717) is 5.52 Å². The average Bonchev–Trinajstić information content (AvgIpc) is 2.93. The van der Waals surface area contributed by atoms with Crippen molar-refractivity contribution in [3.63, 3.8) is 0 Å². The van der Waals surface area contributed by atoms with E-state index in [4.69, 9.17) is 0 Å². The molecule has 1 aromatic heterocycles. The second-order valence-corrected chi connectivity index (χ2v) is 5.26. The molecule has 0 radical (unpaired) electrons. The molecule has 1 aliphatic carbocycles. The Balaban J connectivity index is 1.90. The van der Waals surface area contributed by atoms with E-state index >= 15 is 0 Å². The molecule has 2 fully saturated rings. The summed E-state index contributed by atoms with van der Waals surface area (Å²) in [4.78, 5) is 0. The third-order valence-corrected chi connectivity index (χ3v) is 4.36. The summed E-state index contributed by atoms with van der Waals surface area (Å²) in [7, 11) is 0. The SMILES string of the molecule is Fc1cccc2c(C34CNCC[C@@H]3C4)n[nH]c12. The molecular formula is C13H14FN3.